The van der Waals surface area contributed by atoms with E-state index in [0.29, 0.717) is 0 Å². The van der Waals surface area contributed by atoms with E-state index in [9.17, 15) is 0 Å². The smallest absolute Gasteiger partial charge is 0.134 e. The SMILES string of the molecule is CCCCN(C)c1cc(N(CCC)CCC)nc(C)n1. The second kappa shape index (κ2) is 8.77. The number of unbranched alkanes of at least 4 members (excludes halogenated alkanes) is 1. The van der Waals surface area contributed by atoms with Crippen LogP contribution in [0.4, 0.5) is 11.6 Å². The minimum Gasteiger partial charge on any atom is -0.360 e. The summed E-state index contributed by atoms with van der Waals surface area (Å²) in [4.78, 5) is 13.8. The van der Waals surface area contributed by atoms with E-state index >= 15 is 0 Å². The van der Waals surface area contributed by atoms with Gasteiger partial charge in [0.25, 0.3) is 0 Å². The van der Waals surface area contributed by atoms with Crippen LogP contribution in [0.15, 0.2) is 6.07 Å². The molecule has 1 heterocycles. The molecule has 0 spiro atoms. The number of rotatable bonds is 9. The molecule has 4 heteroatoms. The molecular weight excluding hydrogens is 248 g/mol. The van der Waals surface area contributed by atoms with E-state index < -0.39 is 0 Å². The van der Waals surface area contributed by atoms with E-state index in [1.165, 1.54) is 12.8 Å². The molecule has 0 unspecified atom stereocenters. The Morgan fingerprint density at radius 1 is 0.900 bits per heavy atom. The third kappa shape index (κ3) is 4.99. The maximum Gasteiger partial charge on any atom is 0.134 e. The normalized spacial score (nSPS) is 10.7. The van der Waals surface area contributed by atoms with Crippen LogP contribution in [-0.4, -0.2) is 36.6 Å². The summed E-state index contributed by atoms with van der Waals surface area (Å²) >= 11 is 0. The van der Waals surface area contributed by atoms with E-state index in [4.69, 9.17) is 0 Å². The van der Waals surface area contributed by atoms with Gasteiger partial charge < -0.3 is 9.80 Å². The van der Waals surface area contributed by atoms with Gasteiger partial charge in [-0.2, -0.15) is 0 Å². The van der Waals surface area contributed by atoms with Crippen molar-refractivity contribution >= 4 is 11.6 Å². The van der Waals surface area contributed by atoms with Crippen molar-refractivity contribution in [1.29, 1.82) is 0 Å². The topological polar surface area (TPSA) is 32.3 Å². The van der Waals surface area contributed by atoms with Crippen molar-refractivity contribution in [1.82, 2.24) is 9.97 Å². The standard InChI is InChI=1S/C16H30N4/c1-6-9-12-19(5)15-13-16(18-14(4)17-15)20(10-7-2)11-8-3/h13H,6-12H2,1-5H3. The van der Waals surface area contributed by atoms with E-state index in [0.717, 1.165) is 49.9 Å². The summed E-state index contributed by atoms with van der Waals surface area (Å²) in [7, 11) is 2.12. The lowest BCUT2D eigenvalue weighted by Crippen LogP contribution is -2.27. The Labute approximate surface area is 124 Å². The molecule has 1 aromatic heterocycles. The molecule has 0 fully saturated rings. The molecule has 0 aliphatic rings. The molecule has 0 bridgehead atoms. The van der Waals surface area contributed by atoms with Gasteiger partial charge in [-0.25, -0.2) is 9.97 Å². The van der Waals surface area contributed by atoms with Crippen molar-refractivity contribution in [2.45, 2.75) is 53.4 Å². The van der Waals surface area contributed by atoms with Crippen LogP contribution in [0.2, 0.25) is 0 Å². The maximum atomic E-state index is 4.62. The lowest BCUT2D eigenvalue weighted by Gasteiger charge is -2.25. The van der Waals surface area contributed by atoms with Crippen molar-refractivity contribution < 1.29 is 0 Å². The number of aryl methyl sites for hydroxylation is 1. The highest BCUT2D eigenvalue weighted by Crippen LogP contribution is 2.19. The van der Waals surface area contributed by atoms with Gasteiger partial charge in [0.15, 0.2) is 0 Å². The number of hydrogen-bond acceptors (Lipinski definition) is 4. The fourth-order valence-electron chi connectivity index (χ4n) is 2.28. The van der Waals surface area contributed by atoms with Crippen LogP contribution in [0.3, 0.4) is 0 Å². The summed E-state index contributed by atoms with van der Waals surface area (Å²) < 4.78 is 0. The molecule has 0 saturated heterocycles. The Balaban J connectivity index is 2.93. The third-order valence-corrected chi connectivity index (χ3v) is 3.36. The van der Waals surface area contributed by atoms with E-state index in [1.807, 2.05) is 6.92 Å². The summed E-state index contributed by atoms with van der Waals surface area (Å²) in [6.45, 7) is 11.8. The third-order valence-electron chi connectivity index (χ3n) is 3.36. The summed E-state index contributed by atoms with van der Waals surface area (Å²) in [6.07, 6.45) is 4.69. The molecule has 0 atom stereocenters. The van der Waals surface area contributed by atoms with Gasteiger partial charge >= 0.3 is 0 Å². The molecule has 0 aliphatic heterocycles. The molecule has 1 aromatic rings. The molecule has 0 aliphatic carbocycles. The Morgan fingerprint density at radius 3 is 2.05 bits per heavy atom. The Kier molecular flexibility index (Phi) is 7.34. The number of hydrogen-bond donors (Lipinski definition) is 0. The van der Waals surface area contributed by atoms with E-state index in [2.05, 4.69) is 53.7 Å². The lowest BCUT2D eigenvalue weighted by molar-refractivity contribution is 0.724. The molecule has 0 radical (unpaired) electrons. The zero-order chi connectivity index (χ0) is 15.0. The zero-order valence-electron chi connectivity index (χ0n) is 13.8. The van der Waals surface area contributed by atoms with Crippen LogP contribution in [0, 0.1) is 6.92 Å². The first kappa shape index (κ1) is 16.7. The monoisotopic (exact) mass is 278 g/mol. The summed E-state index contributed by atoms with van der Waals surface area (Å²) in [5.41, 5.74) is 0. The average Bonchev–Trinajstić information content (AvgIpc) is 2.43. The second-order valence-corrected chi connectivity index (χ2v) is 5.39. The van der Waals surface area contributed by atoms with Crippen LogP contribution in [0.25, 0.3) is 0 Å². The predicted octanol–water partition coefficient (Wildman–Crippen LogP) is 3.65. The Morgan fingerprint density at radius 2 is 1.50 bits per heavy atom. The predicted molar refractivity (Wildman–Crippen MR) is 87.7 cm³/mol. The van der Waals surface area contributed by atoms with Crippen LogP contribution in [0.5, 0.6) is 0 Å². The number of aromatic nitrogens is 2. The van der Waals surface area contributed by atoms with Gasteiger partial charge in [-0.15, -0.1) is 0 Å². The average molecular weight is 278 g/mol. The zero-order valence-corrected chi connectivity index (χ0v) is 13.8. The van der Waals surface area contributed by atoms with Crippen molar-refractivity contribution in [2.24, 2.45) is 0 Å². The maximum absolute atomic E-state index is 4.62. The summed E-state index contributed by atoms with van der Waals surface area (Å²) in [6, 6.07) is 2.13. The highest BCUT2D eigenvalue weighted by molar-refractivity contribution is 5.50. The van der Waals surface area contributed by atoms with Gasteiger partial charge in [-0.05, 0) is 26.2 Å². The van der Waals surface area contributed by atoms with Gasteiger partial charge in [-0.3, -0.25) is 0 Å². The van der Waals surface area contributed by atoms with Gasteiger partial charge in [0, 0.05) is 32.7 Å². The highest BCUT2D eigenvalue weighted by Gasteiger charge is 2.11. The van der Waals surface area contributed by atoms with Gasteiger partial charge in [0.05, 0.1) is 0 Å². The first-order valence-corrected chi connectivity index (χ1v) is 7.94. The van der Waals surface area contributed by atoms with Crippen molar-refractivity contribution in [3.63, 3.8) is 0 Å². The largest absolute Gasteiger partial charge is 0.360 e. The first-order chi connectivity index (χ1) is 9.62. The Bertz CT molecular complexity index is 386. The quantitative estimate of drug-likeness (QED) is 0.690. The van der Waals surface area contributed by atoms with Gasteiger partial charge in [0.1, 0.15) is 17.5 Å². The molecule has 4 nitrogen and oxygen atoms in total. The molecule has 0 saturated carbocycles. The summed E-state index contributed by atoms with van der Waals surface area (Å²) in [5.74, 6) is 2.97. The molecule has 0 aromatic carbocycles. The fraction of sp³-hybridized carbons (Fsp3) is 0.750. The number of anilines is 2. The van der Waals surface area contributed by atoms with Crippen molar-refractivity contribution in [2.75, 3.05) is 36.5 Å². The van der Waals surface area contributed by atoms with E-state index in [-0.39, 0.29) is 0 Å². The minimum atomic E-state index is 0.859. The van der Waals surface area contributed by atoms with Crippen molar-refractivity contribution in [3.8, 4) is 0 Å². The Hall–Kier alpha value is -1.32. The molecule has 0 N–H and O–H groups in total. The highest BCUT2D eigenvalue weighted by atomic mass is 15.2. The van der Waals surface area contributed by atoms with Crippen LogP contribution in [-0.2, 0) is 0 Å². The second-order valence-electron chi connectivity index (χ2n) is 5.39. The number of nitrogens with zero attached hydrogens (tertiary/aromatic N) is 4. The first-order valence-electron chi connectivity index (χ1n) is 7.94. The molecular formula is C16H30N4. The van der Waals surface area contributed by atoms with E-state index in [1.54, 1.807) is 0 Å². The molecule has 114 valence electrons. The molecule has 0 amide bonds. The summed E-state index contributed by atoms with van der Waals surface area (Å²) in [5, 5.41) is 0. The lowest BCUT2D eigenvalue weighted by atomic mass is 10.3. The van der Waals surface area contributed by atoms with Gasteiger partial charge in [0.2, 0.25) is 0 Å². The fourth-order valence-corrected chi connectivity index (χ4v) is 2.28. The van der Waals surface area contributed by atoms with Gasteiger partial charge in [-0.1, -0.05) is 27.2 Å². The van der Waals surface area contributed by atoms with Crippen molar-refractivity contribution in [3.05, 3.63) is 11.9 Å². The van der Waals surface area contributed by atoms with Crippen LogP contribution >= 0.6 is 0 Å². The molecule has 1 rings (SSSR count). The van der Waals surface area contributed by atoms with Crippen LogP contribution in [0.1, 0.15) is 52.3 Å². The van der Waals surface area contributed by atoms with Crippen LogP contribution < -0.4 is 9.80 Å². The molecule has 20 heavy (non-hydrogen) atoms. The minimum absolute atomic E-state index is 0.859.